The van der Waals surface area contributed by atoms with Crippen molar-refractivity contribution in [3.8, 4) is 0 Å². The number of aliphatic hydroxyl groups excluding tert-OH is 1. The van der Waals surface area contributed by atoms with Crippen molar-refractivity contribution in [2.75, 3.05) is 39.4 Å². The molecule has 1 N–H and O–H groups in total. The number of aliphatic hydroxyl groups is 1. The highest BCUT2D eigenvalue weighted by atomic mass is 16.7. The van der Waals surface area contributed by atoms with Crippen molar-refractivity contribution in [3.05, 3.63) is 47.9 Å². The molecule has 2 fully saturated rings. The predicted molar refractivity (Wildman–Crippen MR) is 134 cm³/mol. The Balaban J connectivity index is 1.29. The number of piperidine rings is 2. The minimum absolute atomic E-state index is 0.0277. The number of benzene rings is 1. The van der Waals surface area contributed by atoms with Gasteiger partial charge in [0.15, 0.2) is 5.76 Å². The maximum Gasteiger partial charge on any atom is 0.288 e. The van der Waals surface area contributed by atoms with E-state index in [0.29, 0.717) is 31.2 Å². The molecule has 0 bridgehead atoms. The lowest BCUT2D eigenvalue weighted by Crippen LogP contribution is -2.49. The second kappa shape index (κ2) is 11.6. The fraction of sp³-hybridized carbons (Fsp3) is 0.607. The van der Waals surface area contributed by atoms with Gasteiger partial charge in [-0.15, -0.1) is 0 Å². The number of amides is 1. The molecule has 0 unspecified atom stereocenters. The molecule has 1 aromatic carbocycles. The van der Waals surface area contributed by atoms with Gasteiger partial charge in [-0.25, -0.2) is 0 Å². The van der Waals surface area contributed by atoms with Crippen LogP contribution in [0.25, 0.3) is 11.0 Å². The number of fused-ring (bicyclic) bond motifs is 1. The van der Waals surface area contributed by atoms with Gasteiger partial charge in [0.25, 0.3) is 5.91 Å². The molecule has 5 rings (SSSR count). The van der Waals surface area contributed by atoms with E-state index in [1.807, 2.05) is 29.2 Å². The molecule has 1 aromatic heterocycles. The number of carbonyl (C=O) groups is 1. The van der Waals surface area contributed by atoms with Crippen molar-refractivity contribution in [1.82, 2.24) is 9.80 Å². The molecule has 7 nitrogen and oxygen atoms in total. The van der Waals surface area contributed by atoms with Gasteiger partial charge >= 0.3 is 0 Å². The first-order valence-electron chi connectivity index (χ1n) is 13.3. The average molecular weight is 483 g/mol. The van der Waals surface area contributed by atoms with Crippen molar-refractivity contribution >= 4 is 16.9 Å². The van der Waals surface area contributed by atoms with Crippen molar-refractivity contribution in [1.29, 1.82) is 0 Å². The Labute approximate surface area is 207 Å². The Kier molecular flexibility index (Phi) is 8.06. The van der Waals surface area contributed by atoms with Crippen molar-refractivity contribution < 1.29 is 23.8 Å². The number of unbranched alkanes of at least 4 members (excludes halogenated alkanes) is 1. The van der Waals surface area contributed by atoms with Gasteiger partial charge in [-0.1, -0.05) is 24.6 Å². The number of likely N-dealkylation sites (tertiary alicyclic amines) is 2. The minimum Gasteiger partial charge on any atom is -0.464 e. The third-order valence-corrected chi connectivity index (χ3v) is 7.69. The molecular formula is C28H38N2O5. The summed E-state index contributed by atoms with van der Waals surface area (Å²) >= 11 is 0. The van der Waals surface area contributed by atoms with E-state index in [-0.39, 0.29) is 18.4 Å². The van der Waals surface area contributed by atoms with E-state index in [1.54, 1.807) is 6.26 Å². The highest BCUT2D eigenvalue weighted by Gasteiger charge is 2.34. The topological polar surface area (TPSA) is 75.4 Å². The van der Waals surface area contributed by atoms with Gasteiger partial charge in [0.2, 0.25) is 6.29 Å². The Bertz CT molecular complexity index is 1000. The summed E-state index contributed by atoms with van der Waals surface area (Å²) in [5.74, 6) is 0.318. The van der Waals surface area contributed by atoms with Crippen LogP contribution in [0.2, 0.25) is 0 Å². The number of ether oxygens (including phenoxy) is 2. The van der Waals surface area contributed by atoms with Gasteiger partial charge in [-0.3, -0.25) is 4.79 Å². The Hall–Kier alpha value is -2.35. The molecule has 3 aliphatic rings. The number of para-hydroxylation sites is 1. The third-order valence-electron chi connectivity index (χ3n) is 7.69. The van der Waals surface area contributed by atoms with Gasteiger partial charge in [-0.05, 0) is 63.8 Å². The highest BCUT2D eigenvalue weighted by Crippen LogP contribution is 2.37. The van der Waals surface area contributed by atoms with E-state index < -0.39 is 6.29 Å². The molecule has 35 heavy (non-hydrogen) atoms. The third kappa shape index (κ3) is 5.74. The highest BCUT2D eigenvalue weighted by molar-refractivity contribution is 5.92. The summed E-state index contributed by atoms with van der Waals surface area (Å²) in [6.45, 7) is 4.57. The lowest BCUT2D eigenvalue weighted by molar-refractivity contribution is -0.153. The first-order chi connectivity index (χ1) is 17.2. The van der Waals surface area contributed by atoms with Crippen LogP contribution in [0.3, 0.4) is 0 Å². The molecule has 0 saturated carbocycles. The van der Waals surface area contributed by atoms with Crippen molar-refractivity contribution in [3.63, 3.8) is 0 Å². The number of carbonyl (C=O) groups excluding carboxylic acids is 1. The van der Waals surface area contributed by atoms with E-state index in [1.165, 1.54) is 32.4 Å². The maximum atomic E-state index is 13.5. The lowest BCUT2D eigenvalue weighted by atomic mass is 9.92. The summed E-state index contributed by atoms with van der Waals surface area (Å²) in [6.07, 6.45) is 11.3. The van der Waals surface area contributed by atoms with Crippen LogP contribution in [0.15, 0.2) is 46.8 Å². The van der Waals surface area contributed by atoms with Crippen LogP contribution in [0.4, 0.5) is 0 Å². The normalized spacial score (nSPS) is 24.4. The monoisotopic (exact) mass is 482 g/mol. The van der Waals surface area contributed by atoms with Gasteiger partial charge in [0, 0.05) is 49.0 Å². The molecule has 7 heteroatoms. The summed E-state index contributed by atoms with van der Waals surface area (Å²) in [5, 5.41) is 10.1. The number of hydrogen-bond donors (Lipinski definition) is 1. The maximum absolute atomic E-state index is 13.5. The smallest absolute Gasteiger partial charge is 0.288 e. The largest absolute Gasteiger partial charge is 0.464 e. The number of allylic oxidation sites excluding steroid dienone is 1. The van der Waals surface area contributed by atoms with Crippen LogP contribution in [-0.4, -0.2) is 72.5 Å². The van der Waals surface area contributed by atoms with Gasteiger partial charge in [-0.2, -0.15) is 0 Å². The Morgan fingerprint density at radius 2 is 1.86 bits per heavy atom. The zero-order chi connectivity index (χ0) is 24.0. The first-order valence-corrected chi connectivity index (χ1v) is 13.3. The molecule has 1 amide bonds. The first kappa shape index (κ1) is 24.3. The van der Waals surface area contributed by atoms with E-state index in [2.05, 4.69) is 11.0 Å². The molecular weight excluding hydrogens is 444 g/mol. The standard InChI is InChI=1S/C28H38N2O5/c31-16-6-7-17-33-27-19-21(24-20-34-25-9-3-2-8-23(24)25)18-26(35-27)28(32)30-14-10-22(11-15-30)29-12-4-1-5-13-29/h2-3,8-9,18,20-22,27,31H,1,4-7,10-17,19H2/t21-,27+/m1/s1. The number of furan rings is 1. The molecule has 2 atom stereocenters. The summed E-state index contributed by atoms with van der Waals surface area (Å²) in [5.41, 5.74) is 1.90. The van der Waals surface area contributed by atoms with Crippen molar-refractivity contribution in [2.45, 2.75) is 69.6 Å². The number of hydrogen-bond acceptors (Lipinski definition) is 6. The predicted octanol–water partition coefficient (Wildman–Crippen LogP) is 4.41. The fourth-order valence-corrected chi connectivity index (χ4v) is 5.72. The molecule has 3 aliphatic heterocycles. The van der Waals surface area contributed by atoms with Crippen LogP contribution >= 0.6 is 0 Å². The zero-order valence-corrected chi connectivity index (χ0v) is 20.6. The van der Waals surface area contributed by atoms with Gasteiger partial charge in [0.1, 0.15) is 5.58 Å². The summed E-state index contributed by atoms with van der Waals surface area (Å²) in [7, 11) is 0. The van der Waals surface area contributed by atoms with Gasteiger partial charge in [0.05, 0.1) is 12.9 Å². The Morgan fingerprint density at radius 1 is 1.06 bits per heavy atom. The molecule has 4 heterocycles. The quantitative estimate of drug-likeness (QED) is 0.562. The van der Waals surface area contributed by atoms with E-state index in [4.69, 9.17) is 19.0 Å². The van der Waals surface area contributed by atoms with Crippen LogP contribution < -0.4 is 0 Å². The average Bonchev–Trinajstić information content (AvgIpc) is 3.35. The van der Waals surface area contributed by atoms with E-state index in [0.717, 1.165) is 48.9 Å². The molecule has 2 aromatic rings. The number of rotatable bonds is 8. The molecule has 190 valence electrons. The summed E-state index contributed by atoms with van der Waals surface area (Å²) in [6, 6.07) is 8.58. The fourth-order valence-electron chi connectivity index (χ4n) is 5.72. The van der Waals surface area contributed by atoms with E-state index >= 15 is 0 Å². The summed E-state index contributed by atoms with van der Waals surface area (Å²) in [4.78, 5) is 18.1. The van der Waals surface area contributed by atoms with Gasteiger partial charge < -0.3 is 28.8 Å². The van der Waals surface area contributed by atoms with E-state index in [9.17, 15) is 4.79 Å². The number of nitrogens with zero attached hydrogens (tertiary/aromatic N) is 2. The SMILES string of the molecule is O=C(C1=C[C@@H](c2coc3ccccc23)C[C@@H](OCCCCO)O1)N1CCC(N2CCCCC2)CC1. The van der Waals surface area contributed by atoms with Crippen LogP contribution in [-0.2, 0) is 14.3 Å². The molecule has 0 spiro atoms. The molecule has 0 radical (unpaired) electrons. The van der Waals surface area contributed by atoms with Crippen LogP contribution in [0.1, 0.15) is 62.8 Å². The zero-order valence-electron chi connectivity index (χ0n) is 20.6. The molecule has 0 aliphatic carbocycles. The summed E-state index contributed by atoms with van der Waals surface area (Å²) < 4.78 is 17.9. The van der Waals surface area contributed by atoms with Crippen LogP contribution in [0, 0.1) is 0 Å². The second-order valence-corrected chi connectivity index (χ2v) is 10.0. The van der Waals surface area contributed by atoms with Crippen molar-refractivity contribution in [2.24, 2.45) is 0 Å². The minimum atomic E-state index is -0.498. The Morgan fingerprint density at radius 3 is 2.66 bits per heavy atom. The van der Waals surface area contributed by atoms with Crippen LogP contribution in [0.5, 0.6) is 0 Å². The second-order valence-electron chi connectivity index (χ2n) is 10.0. The lowest BCUT2D eigenvalue weighted by Gasteiger charge is -2.40. The molecule has 2 saturated heterocycles.